The molecule has 1 aromatic heterocycles. The molecule has 146 valence electrons. The van der Waals surface area contributed by atoms with Crippen LogP contribution in [0, 0.1) is 0 Å². The summed E-state index contributed by atoms with van der Waals surface area (Å²) in [5.74, 6) is 0. The molecule has 3 aromatic carbocycles. The number of hydrogen-bond donors (Lipinski definition) is 0. The van der Waals surface area contributed by atoms with E-state index < -0.39 is 0 Å². The van der Waals surface area contributed by atoms with Gasteiger partial charge < -0.3 is 4.90 Å². The van der Waals surface area contributed by atoms with Crippen LogP contribution in [0.5, 0.6) is 0 Å². The molecule has 30 heavy (non-hydrogen) atoms. The van der Waals surface area contributed by atoms with Crippen molar-refractivity contribution in [3.63, 3.8) is 0 Å². The zero-order valence-electron chi connectivity index (χ0n) is 16.1. The molecule has 0 bridgehead atoms. The second-order valence-electron chi connectivity index (χ2n) is 6.65. The quantitative estimate of drug-likeness (QED) is 0.331. The number of nitrogens with zero attached hydrogens (tertiary/aromatic N) is 4. The number of rotatable bonds is 5. The molecule has 0 saturated carbocycles. The van der Waals surface area contributed by atoms with Crippen LogP contribution in [0.15, 0.2) is 99.7 Å². The molecular weight excluding hydrogens is 408 g/mol. The Bertz CT molecular complexity index is 1170. The number of benzene rings is 3. The van der Waals surface area contributed by atoms with Gasteiger partial charge in [-0.05, 0) is 35.9 Å². The normalized spacial score (nSPS) is 13.0. The molecule has 1 aliphatic heterocycles. The first-order chi connectivity index (χ1) is 14.9. The molecule has 0 unspecified atom stereocenters. The van der Waals surface area contributed by atoms with Crippen LogP contribution in [-0.4, -0.2) is 16.4 Å². The highest BCUT2D eigenvalue weighted by Crippen LogP contribution is 2.48. The molecule has 4 nitrogen and oxygen atoms in total. The summed E-state index contributed by atoms with van der Waals surface area (Å²) in [5, 5.41) is 10.2. The maximum Gasteiger partial charge on any atom is 0.231 e. The maximum absolute atomic E-state index is 4.43. The standard InChI is InChI=1S/C24H18N4S2/c1-2-9-18(10-3-1)11-8-16-25-24-27-26-23(30-24)17-28-19-12-4-6-14-21(19)29-22-15-7-5-13-20(22)28/h1-16H,17H2/b11-8+,25-16+. The third-order valence-corrected chi connectivity index (χ3v) is 6.59. The molecule has 2 heterocycles. The van der Waals surface area contributed by atoms with Crippen LogP contribution >= 0.6 is 23.1 Å². The van der Waals surface area contributed by atoms with Crippen LogP contribution in [0.4, 0.5) is 16.5 Å². The summed E-state index contributed by atoms with van der Waals surface area (Å²) in [6.45, 7) is 0.668. The number of aromatic nitrogens is 2. The Labute approximate surface area is 183 Å². The second-order valence-corrected chi connectivity index (χ2v) is 8.77. The van der Waals surface area contributed by atoms with E-state index >= 15 is 0 Å². The molecule has 0 radical (unpaired) electrons. The van der Waals surface area contributed by atoms with Gasteiger partial charge in [-0.25, -0.2) is 4.99 Å². The smallest absolute Gasteiger partial charge is 0.231 e. The number of allylic oxidation sites excluding steroid dienone is 1. The van der Waals surface area contributed by atoms with Crippen molar-refractivity contribution >= 4 is 51.9 Å². The van der Waals surface area contributed by atoms with E-state index in [1.165, 1.54) is 32.5 Å². The Morgan fingerprint density at radius 3 is 2.20 bits per heavy atom. The Morgan fingerprint density at radius 2 is 1.47 bits per heavy atom. The highest BCUT2D eigenvalue weighted by molar-refractivity contribution is 7.99. The van der Waals surface area contributed by atoms with Gasteiger partial charge in [0, 0.05) is 16.0 Å². The summed E-state index contributed by atoms with van der Waals surface area (Å²) < 4.78 is 0. The Hall–Kier alpha value is -3.22. The average Bonchev–Trinajstić information content (AvgIpc) is 3.24. The molecule has 0 N–H and O–H groups in total. The predicted octanol–water partition coefficient (Wildman–Crippen LogP) is 6.76. The van der Waals surface area contributed by atoms with Crippen molar-refractivity contribution in [2.75, 3.05) is 4.90 Å². The summed E-state index contributed by atoms with van der Waals surface area (Å²) in [5.41, 5.74) is 3.54. The van der Waals surface area contributed by atoms with Crippen molar-refractivity contribution < 1.29 is 0 Å². The first-order valence-electron chi connectivity index (χ1n) is 9.58. The van der Waals surface area contributed by atoms with Gasteiger partial charge in [0.1, 0.15) is 5.01 Å². The van der Waals surface area contributed by atoms with Gasteiger partial charge >= 0.3 is 0 Å². The number of aliphatic imine (C=N–C) groups is 1. The van der Waals surface area contributed by atoms with Crippen molar-refractivity contribution in [3.05, 3.63) is 95.5 Å². The lowest BCUT2D eigenvalue weighted by atomic mass is 10.2. The van der Waals surface area contributed by atoms with E-state index in [-0.39, 0.29) is 0 Å². The first kappa shape index (κ1) is 18.8. The minimum Gasteiger partial charge on any atom is -0.333 e. The number of para-hydroxylation sites is 2. The maximum atomic E-state index is 4.43. The van der Waals surface area contributed by atoms with Crippen LogP contribution in [0.25, 0.3) is 6.08 Å². The number of hydrogen-bond acceptors (Lipinski definition) is 6. The van der Waals surface area contributed by atoms with Gasteiger partial charge in [0.05, 0.1) is 17.9 Å². The fourth-order valence-electron chi connectivity index (χ4n) is 3.27. The predicted molar refractivity (Wildman–Crippen MR) is 126 cm³/mol. The van der Waals surface area contributed by atoms with E-state index in [2.05, 4.69) is 80.8 Å². The van der Waals surface area contributed by atoms with Gasteiger partial charge in [-0.3, -0.25) is 0 Å². The largest absolute Gasteiger partial charge is 0.333 e. The van der Waals surface area contributed by atoms with Gasteiger partial charge in [-0.2, -0.15) is 0 Å². The molecule has 1 aliphatic rings. The van der Waals surface area contributed by atoms with Crippen LogP contribution in [0.3, 0.4) is 0 Å². The fourth-order valence-corrected chi connectivity index (χ4v) is 5.05. The highest BCUT2D eigenvalue weighted by atomic mass is 32.2. The van der Waals surface area contributed by atoms with Crippen LogP contribution in [-0.2, 0) is 6.54 Å². The Morgan fingerprint density at radius 1 is 0.800 bits per heavy atom. The lowest BCUT2D eigenvalue weighted by molar-refractivity contribution is 0.893. The van der Waals surface area contributed by atoms with E-state index in [1.54, 1.807) is 6.21 Å². The molecule has 5 rings (SSSR count). The zero-order valence-corrected chi connectivity index (χ0v) is 17.7. The SMILES string of the molecule is C(=C\c1ccccc1)/C=N/c1nnc(CN2c3ccccc3Sc3ccccc32)s1. The molecule has 4 aromatic rings. The van der Waals surface area contributed by atoms with Crippen molar-refractivity contribution in [2.24, 2.45) is 4.99 Å². The minimum absolute atomic E-state index is 0.663. The topological polar surface area (TPSA) is 41.4 Å². The summed E-state index contributed by atoms with van der Waals surface area (Å²) in [7, 11) is 0. The van der Waals surface area contributed by atoms with E-state index in [0.29, 0.717) is 11.7 Å². The van der Waals surface area contributed by atoms with E-state index in [9.17, 15) is 0 Å². The monoisotopic (exact) mass is 426 g/mol. The molecule has 0 fully saturated rings. The molecule has 0 aliphatic carbocycles. The fraction of sp³-hybridized carbons (Fsp3) is 0.0417. The summed E-state index contributed by atoms with van der Waals surface area (Å²) in [6, 6.07) is 27.1. The van der Waals surface area contributed by atoms with Crippen LogP contribution in [0.1, 0.15) is 10.6 Å². The van der Waals surface area contributed by atoms with Gasteiger partial charge in [-0.15, -0.1) is 10.2 Å². The van der Waals surface area contributed by atoms with Crippen molar-refractivity contribution in [1.29, 1.82) is 0 Å². The van der Waals surface area contributed by atoms with Crippen molar-refractivity contribution in [3.8, 4) is 0 Å². The summed E-state index contributed by atoms with van der Waals surface area (Å²) in [4.78, 5) is 9.25. The first-order valence-corrected chi connectivity index (χ1v) is 11.2. The Kier molecular flexibility index (Phi) is 5.42. The second kappa shape index (κ2) is 8.65. The van der Waals surface area contributed by atoms with Gasteiger partial charge in [-0.1, -0.05) is 83.8 Å². The lowest BCUT2D eigenvalue weighted by Crippen LogP contribution is -2.20. The lowest BCUT2D eigenvalue weighted by Gasteiger charge is -2.31. The molecular formula is C24H18N4S2. The van der Waals surface area contributed by atoms with Gasteiger partial charge in [0.25, 0.3) is 0 Å². The summed E-state index contributed by atoms with van der Waals surface area (Å²) >= 11 is 3.33. The number of anilines is 2. The summed E-state index contributed by atoms with van der Waals surface area (Å²) in [6.07, 6.45) is 5.70. The van der Waals surface area contributed by atoms with Crippen molar-refractivity contribution in [1.82, 2.24) is 10.2 Å². The number of fused-ring (bicyclic) bond motifs is 2. The van der Waals surface area contributed by atoms with Gasteiger partial charge in [0.15, 0.2) is 0 Å². The zero-order chi connectivity index (χ0) is 20.2. The minimum atomic E-state index is 0.663. The molecule has 6 heteroatoms. The van der Waals surface area contributed by atoms with E-state index in [4.69, 9.17) is 0 Å². The Balaban J connectivity index is 1.34. The highest BCUT2D eigenvalue weighted by Gasteiger charge is 2.23. The molecule has 0 saturated heterocycles. The average molecular weight is 427 g/mol. The van der Waals surface area contributed by atoms with Crippen molar-refractivity contribution in [2.45, 2.75) is 16.3 Å². The van der Waals surface area contributed by atoms with Gasteiger partial charge in [0.2, 0.25) is 5.13 Å². The third kappa shape index (κ3) is 4.06. The molecule has 0 atom stereocenters. The van der Waals surface area contributed by atoms with E-state index in [1.807, 2.05) is 42.1 Å². The van der Waals surface area contributed by atoms with Crippen LogP contribution in [0.2, 0.25) is 0 Å². The molecule has 0 amide bonds. The van der Waals surface area contributed by atoms with Crippen LogP contribution < -0.4 is 4.90 Å². The van der Waals surface area contributed by atoms with E-state index in [0.717, 1.165) is 10.6 Å². The third-order valence-electron chi connectivity index (χ3n) is 4.64. The molecule has 0 spiro atoms.